The highest BCUT2D eigenvalue weighted by atomic mass is 16.6. The normalized spacial score (nSPS) is 22.8. The average Bonchev–Trinajstić information content (AvgIpc) is 2.74. The van der Waals surface area contributed by atoms with E-state index in [0.29, 0.717) is 18.0 Å². The van der Waals surface area contributed by atoms with Crippen LogP contribution in [-0.2, 0) is 4.74 Å². The average molecular weight is 252 g/mol. The molecule has 2 atom stereocenters. The summed E-state index contributed by atoms with van der Waals surface area (Å²) in [5.41, 5.74) is 0.701. The van der Waals surface area contributed by atoms with Gasteiger partial charge in [0.1, 0.15) is 5.75 Å². The fourth-order valence-electron chi connectivity index (χ4n) is 2.03. The van der Waals surface area contributed by atoms with Crippen LogP contribution < -0.4 is 10.1 Å². The molecule has 0 bridgehead atoms. The van der Waals surface area contributed by atoms with Gasteiger partial charge in [-0.15, -0.1) is 0 Å². The maximum absolute atomic E-state index is 10.8. The summed E-state index contributed by atoms with van der Waals surface area (Å²) in [6.45, 7) is 2.70. The summed E-state index contributed by atoms with van der Waals surface area (Å²) < 4.78 is 10.5. The highest BCUT2D eigenvalue weighted by Crippen LogP contribution is 2.28. The quantitative estimate of drug-likeness (QED) is 0.656. The number of nitro groups is 1. The van der Waals surface area contributed by atoms with E-state index in [2.05, 4.69) is 5.32 Å². The second kappa shape index (κ2) is 5.22. The van der Waals surface area contributed by atoms with Gasteiger partial charge in [-0.1, -0.05) is 0 Å². The van der Waals surface area contributed by atoms with Gasteiger partial charge in [0.2, 0.25) is 0 Å². The zero-order valence-electron chi connectivity index (χ0n) is 10.4. The molecule has 1 saturated heterocycles. The molecule has 1 aromatic carbocycles. The highest BCUT2D eigenvalue weighted by Gasteiger charge is 2.24. The molecule has 0 spiro atoms. The minimum Gasteiger partial charge on any atom is -0.496 e. The van der Waals surface area contributed by atoms with E-state index in [-0.39, 0.29) is 17.8 Å². The van der Waals surface area contributed by atoms with Gasteiger partial charge in [-0.2, -0.15) is 0 Å². The first kappa shape index (κ1) is 12.6. The van der Waals surface area contributed by atoms with Crippen LogP contribution in [0.3, 0.4) is 0 Å². The standard InChI is InChI=1S/C12H16N2O4/c1-8-12(3-4-18-8)13-9-5-10(14(15)16)7-11(6-9)17-2/h5-8,12-13H,3-4H2,1-2H3. The van der Waals surface area contributed by atoms with Crippen molar-refractivity contribution in [3.05, 3.63) is 28.3 Å². The fourth-order valence-corrected chi connectivity index (χ4v) is 2.03. The van der Waals surface area contributed by atoms with Gasteiger partial charge in [-0.05, 0) is 13.3 Å². The van der Waals surface area contributed by atoms with E-state index < -0.39 is 4.92 Å². The Labute approximate surface area is 105 Å². The Kier molecular flexibility index (Phi) is 3.66. The Bertz CT molecular complexity index is 450. The lowest BCUT2D eigenvalue weighted by Crippen LogP contribution is -2.26. The van der Waals surface area contributed by atoms with Crippen molar-refractivity contribution in [2.45, 2.75) is 25.5 Å². The molecule has 1 heterocycles. The van der Waals surface area contributed by atoms with Gasteiger partial charge in [-0.3, -0.25) is 10.1 Å². The maximum atomic E-state index is 10.8. The first-order chi connectivity index (χ1) is 8.60. The van der Waals surface area contributed by atoms with Crippen molar-refractivity contribution in [2.24, 2.45) is 0 Å². The Hall–Kier alpha value is -1.82. The van der Waals surface area contributed by atoms with E-state index in [1.807, 2.05) is 6.92 Å². The van der Waals surface area contributed by atoms with Crippen LogP contribution >= 0.6 is 0 Å². The third-order valence-electron chi connectivity index (χ3n) is 3.07. The van der Waals surface area contributed by atoms with Crippen molar-refractivity contribution in [1.29, 1.82) is 0 Å². The summed E-state index contributed by atoms with van der Waals surface area (Å²) in [6.07, 6.45) is 1.00. The molecule has 1 aliphatic heterocycles. The van der Waals surface area contributed by atoms with Gasteiger partial charge in [0.25, 0.3) is 5.69 Å². The van der Waals surface area contributed by atoms with E-state index in [1.54, 1.807) is 6.07 Å². The molecule has 2 unspecified atom stereocenters. The minimum atomic E-state index is -0.428. The molecule has 98 valence electrons. The van der Waals surface area contributed by atoms with Gasteiger partial charge < -0.3 is 14.8 Å². The minimum absolute atomic E-state index is 0.0171. The smallest absolute Gasteiger partial charge is 0.275 e. The largest absolute Gasteiger partial charge is 0.496 e. The Morgan fingerprint density at radius 1 is 1.50 bits per heavy atom. The number of nitrogens with zero attached hydrogens (tertiary/aromatic N) is 1. The van der Waals surface area contributed by atoms with Crippen molar-refractivity contribution < 1.29 is 14.4 Å². The highest BCUT2D eigenvalue weighted by molar-refractivity contribution is 5.57. The number of benzene rings is 1. The molecule has 0 saturated carbocycles. The molecule has 6 nitrogen and oxygen atoms in total. The number of rotatable bonds is 4. The molecule has 18 heavy (non-hydrogen) atoms. The van der Waals surface area contributed by atoms with Gasteiger partial charge in [0.05, 0.1) is 30.2 Å². The predicted octanol–water partition coefficient (Wildman–Crippen LogP) is 2.19. The summed E-state index contributed by atoms with van der Waals surface area (Å²) in [6, 6.07) is 4.84. The van der Waals surface area contributed by atoms with Crippen LogP contribution in [0.15, 0.2) is 18.2 Å². The number of non-ortho nitro benzene ring substituents is 1. The van der Waals surface area contributed by atoms with Crippen LogP contribution in [0.4, 0.5) is 11.4 Å². The SMILES string of the molecule is COc1cc(NC2CCOC2C)cc([N+](=O)[O-])c1. The second-order valence-electron chi connectivity index (χ2n) is 4.29. The zero-order chi connectivity index (χ0) is 13.1. The van der Waals surface area contributed by atoms with Crippen molar-refractivity contribution in [2.75, 3.05) is 19.0 Å². The van der Waals surface area contributed by atoms with E-state index in [9.17, 15) is 10.1 Å². The fraction of sp³-hybridized carbons (Fsp3) is 0.500. The van der Waals surface area contributed by atoms with Crippen LogP contribution in [0.25, 0.3) is 0 Å². The van der Waals surface area contributed by atoms with Gasteiger partial charge in [-0.25, -0.2) is 0 Å². The summed E-state index contributed by atoms with van der Waals surface area (Å²) in [5, 5.41) is 14.1. The molecule has 6 heteroatoms. The molecule has 1 aliphatic rings. The van der Waals surface area contributed by atoms with Gasteiger partial charge in [0.15, 0.2) is 0 Å². The monoisotopic (exact) mass is 252 g/mol. The first-order valence-electron chi connectivity index (χ1n) is 5.82. The number of anilines is 1. The van der Waals surface area contributed by atoms with Crippen LogP contribution in [0.5, 0.6) is 5.75 Å². The van der Waals surface area contributed by atoms with E-state index in [1.165, 1.54) is 19.2 Å². The third kappa shape index (κ3) is 2.70. The molecule has 1 fully saturated rings. The molecule has 0 aliphatic carbocycles. The van der Waals surface area contributed by atoms with Crippen molar-refractivity contribution in [1.82, 2.24) is 0 Å². The molecular weight excluding hydrogens is 236 g/mol. The Morgan fingerprint density at radius 3 is 2.83 bits per heavy atom. The summed E-state index contributed by atoms with van der Waals surface area (Å²) >= 11 is 0. The lowest BCUT2D eigenvalue weighted by atomic mass is 10.1. The number of methoxy groups -OCH3 is 1. The molecule has 1 N–H and O–H groups in total. The van der Waals surface area contributed by atoms with E-state index in [0.717, 1.165) is 6.42 Å². The number of ether oxygens (including phenoxy) is 2. The molecule has 1 aromatic rings. The Morgan fingerprint density at radius 2 is 2.28 bits per heavy atom. The molecule has 2 rings (SSSR count). The van der Waals surface area contributed by atoms with E-state index in [4.69, 9.17) is 9.47 Å². The molecule has 0 aromatic heterocycles. The number of nitrogens with one attached hydrogen (secondary N) is 1. The van der Waals surface area contributed by atoms with Gasteiger partial charge >= 0.3 is 0 Å². The Balaban J connectivity index is 2.21. The predicted molar refractivity (Wildman–Crippen MR) is 67.1 cm³/mol. The first-order valence-corrected chi connectivity index (χ1v) is 5.82. The number of nitro benzene ring substituents is 1. The van der Waals surface area contributed by atoms with Crippen molar-refractivity contribution in [3.63, 3.8) is 0 Å². The van der Waals surface area contributed by atoms with Crippen molar-refractivity contribution in [3.8, 4) is 5.75 Å². The topological polar surface area (TPSA) is 73.6 Å². The molecular formula is C12H16N2O4. The molecule has 0 amide bonds. The summed E-state index contributed by atoms with van der Waals surface area (Å²) in [5.74, 6) is 0.471. The second-order valence-corrected chi connectivity index (χ2v) is 4.29. The van der Waals surface area contributed by atoms with E-state index >= 15 is 0 Å². The summed E-state index contributed by atoms with van der Waals surface area (Å²) in [4.78, 5) is 10.4. The lowest BCUT2D eigenvalue weighted by molar-refractivity contribution is -0.384. The lowest BCUT2D eigenvalue weighted by Gasteiger charge is -2.17. The van der Waals surface area contributed by atoms with Gasteiger partial charge in [0, 0.05) is 24.4 Å². The maximum Gasteiger partial charge on any atom is 0.275 e. The third-order valence-corrected chi connectivity index (χ3v) is 3.07. The zero-order valence-corrected chi connectivity index (χ0v) is 10.4. The summed E-state index contributed by atoms with van der Waals surface area (Å²) in [7, 11) is 1.49. The number of hydrogen-bond donors (Lipinski definition) is 1. The van der Waals surface area contributed by atoms with Crippen LogP contribution in [0, 0.1) is 10.1 Å². The van der Waals surface area contributed by atoms with Crippen LogP contribution in [0.1, 0.15) is 13.3 Å². The van der Waals surface area contributed by atoms with Crippen LogP contribution in [-0.4, -0.2) is 30.8 Å². The van der Waals surface area contributed by atoms with Crippen LogP contribution in [0.2, 0.25) is 0 Å². The number of hydrogen-bond acceptors (Lipinski definition) is 5. The van der Waals surface area contributed by atoms with Crippen molar-refractivity contribution >= 4 is 11.4 Å². The molecule has 0 radical (unpaired) electrons.